The average molecular weight is 284 g/mol. The number of halogens is 2. The fourth-order valence-corrected chi connectivity index (χ4v) is 2.52. The molecule has 2 unspecified atom stereocenters. The van der Waals surface area contributed by atoms with Crippen LogP contribution >= 0.6 is 0 Å². The molecule has 112 valence electrons. The summed E-state index contributed by atoms with van der Waals surface area (Å²) in [7, 11) is 0. The second kappa shape index (κ2) is 6.61. The smallest absolute Gasteiger partial charge is 0.129 e. The Morgan fingerprint density at radius 2 is 2.00 bits per heavy atom. The first kappa shape index (κ1) is 15.4. The maximum Gasteiger partial charge on any atom is 0.129 e. The fourth-order valence-electron chi connectivity index (χ4n) is 2.52. The summed E-state index contributed by atoms with van der Waals surface area (Å²) in [6, 6.07) is 3.87. The Morgan fingerprint density at radius 1 is 1.35 bits per heavy atom. The van der Waals surface area contributed by atoms with Crippen molar-refractivity contribution in [2.75, 3.05) is 19.7 Å². The molecule has 0 spiro atoms. The number of benzene rings is 1. The van der Waals surface area contributed by atoms with Crippen LogP contribution in [-0.2, 0) is 11.2 Å². The number of morpholine rings is 1. The first-order chi connectivity index (χ1) is 9.49. The Balaban J connectivity index is 2.02. The molecule has 1 saturated heterocycles. The van der Waals surface area contributed by atoms with Gasteiger partial charge in [0.25, 0.3) is 0 Å². The lowest BCUT2D eigenvalue weighted by Gasteiger charge is -2.38. The molecule has 0 radical (unpaired) electrons. The number of rotatable bonds is 4. The van der Waals surface area contributed by atoms with E-state index in [9.17, 15) is 8.78 Å². The van der Waals surface area contributed by atoms with Gasteiger partial charge in [0.15, 0.2) is 0 Å². The van der Waals surface area contributed by atoms with Crippen LogP contribution in [0.1, 0.15) is 19.4 Å². The molecule has 20 heavy (non-hydrogen) atoms. The highest BCUT2D eigenvalue weighted by Crippen LogP contribution is 2.18. The number of ether oxygens (including phenoxy) is 1. The van der Waals surface area contributed by atoms with Gasteiger partial charge < -0.3 is 10.5 Å². The third kappa shape index (κ3) is 3.53. The lowest BCUT2D eigenvalue weighted by Crippen LogP contribution is -2.53. The molecule has 2 N–H and O–H groups in total. The quantitative estimate of drug-likeness (QED) is 0.918. The number of hydrogen-bond acceptors (Lipinski definition) is 3. The summed E-state index contributed by atoms with van der Waals surface area (Å²) in [4.78, 5) is 2.27. The normalized spacial score (nSPS) is 22.2. The molecule has 1 aliphatic rings. The first-order valence-corrected chi connectivity index (χ1v) is 7.03. The molecular formula is C15H22F2N2O. The molecule has 0 saturated carbocycles. The van der Waals surface area contributed by atoms with Crippen molar-refractivity contribution in [1.82, 2.24) is 4.90 Å². The minimum absolute atomic E-state index is 0.0465. The predicted octanol–water partition coefficient (Wildman–Crippen LogP) is 1.94. The molecule has 1 fully saturated rings. The fraction of sp³-hybridized carbons (Fsp3) is 0.600. The van der Waals surface area contributed by atoms with Crippen LogP contribution in [0.2, 0.25) is 0 Å². The zero-order chi connectivity index (χ0) is 14.7. The van der Waals surface area contributed by atoms with E-state index in [0.717, 1.165) is 6.54 Å². The standard InChI is InChI=1S/C15H22F2N2O/c1-10(2)19-6-7-20-15(9-19)14(18)8-11-12(16)4-3-5-13(11)17/h3-5,10,14-15H,6-9,18H2,1-2H3. The highest BCUT2D eigenvalue weighted by molar-refractivity contribution is 5.21. The Kier molecular flexibility index (Phi) is 5.07. The third-order valence-electron chi connectivity index (χ3n) is 3.83. The molecule has 1 heterocycles. The van der Waals surface area contributed by atoms with Gasteiger partial charge >= 0.3 is 0 Å². The van der Waals surface area contributed by atoms with E-state index in [4.69, 9.17) is 10.5 Å². The van der Waals surface area contributed by atoms with Gasteiger partial charge in [0.2, 0.25) is 0 Å². The Labute approximate surface area is 118 Å². The van der Waals surface area contributed by atoms with Gasteiger partial charge in [0, 0.05) is 30.7 Å². The third-order valence-corrected chi connectivity index (χ3v) is 3.83. The van der Waals surface area contributed by atoms with E-state index in [0.29, 0.717) is 19.2 Å². The lowest BCUT2D eigenvalue weighted by atomic mass is 9.99. The molecule has 2 atom stereocenters. The summed E-state index contributed by atoms with van der Waals surface area (Å²) in [6.45, 7) is 6.41. The molecule has 3 nitrogen and oxygen atoms in total. The van der Waals surface area contributed by atoms with Gasteiger partial charge in [-0.2, -0.15) is 0 Å². The molecule has 1 aromatic carbocycles. The van der Waals surface area contributed by atoms with Crippen LogP contribution in [0, 0.1) is 11.6 Å². The van der Waals surface area contributed by atoms with Crippen molar-refractivity contribution >= 4 is 0 Å². The minimum atomic E-state index is -0.544. The molecule has 0 aromatic heterocycles. The van der Waals surface area contributed by atoms with E-state index in [2.05, 4.69) is 18.7 Å². The van der Waals surface area contributed by atoms with E-state index >= 15 is 0 Å². The van der Waals surface area contributed by atoms with Gasteiger partial charge in [-0.3, -0.25) is 4.90 Å². The SMILES string of the molecule is CC(C)N1CCOC(C(N)Cc2c(F)cccc2F)C1. The molecule has 0 aliphatic carbocycles. The van der Waals surface area contributed by atoms with Gasteiger partial charge in [-0.25, -0.2) is 8.78 Å². The summed E-state index contributed by atoms with van der Waals surface area (Å²) in [5, 5.41) is 0. The van der Waals surface area contributed by atoms with E-state index in [1.807, 2.05) is 0 Å². The van der Waals surface area contributed by atoms with Crippen LogP contribution in [0.3, 0.4) is 0 Å². The summed E-state index contributed by atoms with van der Waals surface area (Å²) in [6.07, 6.45) is -0.0417. The molecule has 1 aliphatic heterocycles. The molecule has 5 heteroatoms. The lowest BCUT2D eigenvalue weighted by molar-refractivity contribution is -0.0496. The van der Waals surface area contributed by atoms with E-state index in [1.54, 1.807) is 0 Å². The minimum Gasteiger partial charge on any atom is -0.374 e. The van der Waals surface area contributed by atoms with Crippen molar-refractivity contribution in [3.63, 3.8) is 0 Å². The molecule has 1 aromatic rings. The number of nitrogens with two attached hydrogens (primary N) is 1. The Hall–Kier alpha value is -1.04. The highest BCUT2D eigenvalue weighted by atomic mass is 19.1. The van der Waals surface area contributed by atoms with E-state index < -0.39 is 17.7 Å². The van der Waals surface area contributed by atoms with Crippen LogP contribution in [0.15, 0.2) is 18.2 Å². The second-order valence-corrected chi connectivity index (χ2v) is 5.57. The van der Waals surface area contributed by atoms with Crippen LogP contribution in [0.25, 0.3) is 0 Å². The topological polar surface area (TPSA) is 38.5 Å². The average Bonchev–Trinajstić information content (AvgIpc) is 2.43. The number of nitrogens with zero attached hydrogens (tertiary/aromatic N) is 1. The van der Waals surface area contributed by atoms with Gasteiger partial charge in [-0.05, 0) is 32.4 Å². The van der Waals surface area contributed by atoms with Crippen LogP contribution in [-0.4, -0.2) is 42.8 Å². The van der Waals surface area contributed by atoms with E-state index in [1.165, 1.54) is 18.2 Å². The molecule has 0 bridgehead atoms. The summed E-state index contributed by atoms with van der Waals surface area (Å²) >= 11 is 0. The van der Waals surface area contributed by atoms with Crippen molar-refractivity contribution in [2.24, 2.45) is 5.73 Å². The van der Waals surface area contributed by atoms with Gasteiger partial charge in [-0.15, -0.1) is 0 Å². The van der Waals surface area contributed by atoms with Crippen LogP contribution in [0.4, 0.5) is 8.78 Å². The monoisotopic (exact) mass is 284 g/mol. The maximum atomic E-state index is 13.6. The molecule has 2 rings (SSSR count). The van der Waals surface area contributed by atoms with Crippen molar-refractivity contribution < 1.29 is 13.5 Å². The van der Waals surface area contributed by atoms with Crippen LogP contribution < -0.4 is 5.73 Å². The van der Waals surface area contributed by atoms with Crippen molar-refractivity contribution in [1.29, 1.82) is 0 Å². The van der Waals surface area contributed by atoms with Crippen molar-refractivity contribution in [3.8, 4) is 0 Å². The Morgan fingerprint density at radius 3 is 2.60 bits per heavy atom. The second-order valence-electron chi connectivity index (χ2n) is 5.57. The first-order valence-electron chi connectivity index (χ1n) is 7.03. The molecular weight excluding hydrogens is 262 g/mol. The van der Waals surface area contributed by atoms with Gasteiger partial charge in [0.1, 0.15) is 11.6 Å². The van der Waals surface area contributed by atoms with Gasteiger partial charge in [0.05, 0.1) is 12.7 Å². The molecule has 0 amide bonds. The zero-order valence-electron chi connectivity index (χ0n) is 12.0. The zero-order valence-corrected chi connectivity index (χ0v) is 12.0. The highest BCUT2D eigenvalue weighted by Gasteiger charge is 2.28. The van der Waals surface area contributed by atoms with Crippen molar-refractivity contribution in [3.05, 3.63) is 35.4 Å². The maximum absolute atomic E-state index is 13.6. The summed E-state index contributed by atoms with van der Waals surface area (Å²) in [5.41, 5.74) is 6.14. The predicted molar refractivity (Wildman–Crippen MR) is 74.5 cm³/mol. The van der Waals surface area contributed by atoms with E-state index in [-0.39, 0.29) is 18.1 Å². The summed E-state index contributed by atoms with van der Waals surface area (Å²) in [5.74, 6) is -1.09. The van der Waals surface area contributed by atoms with Crippen LogP contribution in [0.5, 0.6) is 0 Å². The number of hydrogen-bond donors (Lipinski definition) is 1. The summed E-state index contributed by atoms with van der Waals surface area (Å²) < 4.78 is 32.9. The van der Waals surface area contributed by atoms with Crippen molar-refractivity contribution in [2.45, 2.75) is 38.5 Å². The Bertz CT molecular complexity index is 433. The van der Waals surface area contributed by atoms with Gasteiger partial charge in [-0.1, -0.05) is 6.07 Å². The largest absolute Gasteiger partial charge is 0.374 e.